The van der Waals surface area contributed by atoms with Crippen molar-refractivity contribution >= 4 is 21.6 Å². The fourth-order valence-electron chi connectivity index (χ4n) is 1.85. The largest absolute Gasteiger partial charge is 0.361 e. The first-order chi connectivity index (χ1) is 10.4. The molecule has 0 aliphatic rings. The smallest absolute Gasteiger partial charge is 0.240 e. The molecule has 0 fully saturated rings. The highest BCUT2D eigenvalue weighted by molar-refractivity contribution is 7.89. The number of nitrogens with one attached hydrogen (secondary N) is 2. The van der Waals surface area contributed by atoms with E-state index in [4.69, 9.17) is 4.52 Å². The highest BCUT2D eigenvalue weighted by Crippen LogP contribution is 2.14. The Hall–Kier alpha value is -2.19. The molecule has 0 saturated carbocycles. The van der Waals surface area contributed by atoms with E-state index in [0.29, 0.717) is 17.9 Å². The Bertz CT molecular complexity index is 751. The van der Waals surface area contributed by atoms with E-state index in [2.05, 4.69) is 15.2 Å². The van der Waals surface area contributed by atoms with Crippen molar-refractivity contribution in [3.8, 4) is 0 Å². The van der Waals surface area contributed by atoms with Gasteiger partial charge in [0.15, 0.2) is 0 Å². The van der Waals surface area contributed by atoms with E-state index < -0.39 is 10.0 Å². The summed E-state index contributed by atoms with van der Waals surface area (Å²) in [6.45, 7) is 3.40. The molecule has 0 radical (unpaired) electrons. The fourth-order valence-corrected chi connectivity index (χ4v) is 2.88. The SMILES string of the molecule is CC(=O)Nc1ccc(S(=O)(=O)NCCc2cc(C)no2)cc1. The molecule has 2 aromatic rings. The predicted molar refractivity (Wildman–Crippen MR) is 80.9 cm³/mol. The van der Waals surface area contributed by atoms with Crippen LogP contribution < -0.4 is 10.0 Å². The second-order valence-electron chi connectivity index (χ2n) is 4.79. The molecule has 22 heavy (non-hydrogen) atoms. The number of carbonyl (C=O) groups is 1. The highest BCUT2D eigenvalue weighted by Gasteiger charge is 2.14. The Morgan fingerprint density at radius 1 is 1.27 bits per heavy atom. The molecule has 118 valence electrons. The minimum atomic E-state index is -3.59. The second-order valence-corrected chi connectivity index (χ2v) is 6.55. The zero-order valence-corrected chi connectivity index (χ0v) is 13.1. The summed E-state index contributed by atoms with van der Waals surface area (Å²) in [7, 11) is -3.59. The van der Waals surface area contributed by atoms with Gasteiger partial charge in [0, 0.05) is 31.6 Å². The number of carbonyl (C=O) groups excluding carboxylic acids is 1. The van der Waals surface area contributed by atoms with Gasteiger partial charge in [-0.3, -0.25) is 4.79 Å². The van der Waals surface area contributed by atoms with E-state index in [9.17, 15) is 13.2 Å². The molecule has 1 aromatic carbocycles. The van der Waals surface area contributed by atoms with E-state index in [1.807, 2.05) is 0 Å². The molecule has 0 unspecified atom stereocenters. The number of amides is 1. The number of anilines is 1. The van der Waals surface area contributed by atoms with Crippen LogP contribution in [0.2, 0.25) is 0 Å². The fraction of sp³-hybridized carbons (Fsp3) is 0.286. The zero-order valence-electron chi connectivity index (χ0n) is 12.3. The highest BCUT2D eigenvalue weighted by atomic mass is 32.2. The number of hydrogen-bond donors (Lipinski definition) is 2. The summed E-state index contributed by atoms with van der Waals surface area (Å²) < 4.78 is 31.7. The monoisotopic (exact) mass is 323 g/mol. The van der Waals surface area contributed by atoms with Crippen LogP contribution in [0.3, 0.4) is 0 Å². The molecule has 0 spiro atoms. The maximum Gasteiger partial charge on any atom is 0.240 e. The van der Waals surface area contributed by atoms with Crippen LogP contribution in [-0.4, -0.2) is 26.0 Å². The van der Waals surface area contributed by atoms with Gasteiger partial charge in [-0.2, -0.15) is 0 Å². The first kappa shape index (κ1) is 16.2. The number of aryl methyl sites for hydroxylation is 1. The Morgan fingerprint density at radius 3 is 2.50 bits per heavy atom. The number of nitrogens with zero attached hydrogens (tertiary/aromatic N) is 1. The normalized spacial score (nSPS) is 11.4. The van der Waals surface area contributed by atoms with Crippen molar-refractivity contribution in [2.75, 3.05) is 11.9 Å². The minimum Gasteiger partial charge on any atom is -0.361 e. The van der Waals surface area contributed by atoms with Crippen molar-refractivity contribution in [3.05, 3.63) is 41.8 Å². The van der Waals surface area contributed by atoms with Crippen LogP contribution in [0.25, 0.3) is 0 Å². The van der Waals surface area contributed by atoms with Crippen molar-refractivity contribution in [3.63, 3.8) is 0 Å². The summed E-state index contributed by atoms with van der Waals surface area (Å²) in [4.78, 5) is 11.1. The first-order valence-electron chi connectivity index (χ1n) is 6.66. The summed E-state index contributed by atoms with van der Waals surface area (Å²) in [6.07, 6.45) is 0.421. The topological polar surface area (TPSA) is 101 Å². The number of aromatic nitrogens is 1. The molecule has 2 N–H and O–H groups in total. The van der Waals surface area contributed by atoms with Crippen molar-refractivity contribution in [2.24, 2.45) is 0 Å². The van der Waals surface area contributed by atoms with Crippen molar-refractivity contribution < 1.29 is 17.7 Å². The van der Waals surface area contributed by atoms with E-state index in [1.165, 1.54) is 31.2 Å². The molecule has 0 aliphatic carbocycles. The Balaban J connectivity index is 1.96. The Morgan fingerprint density at radius 2 is 1.95 bits per heavy atom. The number of rotatable bonds is 6. The third kappa shape index (κ3) is 4.40. The van der Waals surface area contributed by atoms with Gasteiger partial charge in [-0.05, 0) is 31.2 Å². The summed E-state index contributed by atoms with van der Waals surface area (Å²) >= 11 is 0. The predicted octanol–water partition coefficient (Wildman–Crippen LogP) is 1.46. The second kappa shape index (κ2) is 6.71. The molecule has 0 bridgehead atoms. The maximum atomic E-state index is 12.1. The molecular weight excluding hydrogens is 306 g/mol. The average molecular weight is 323 g/mol. The van der Waals surface area contributed by atoms with Crippen LogP contribution in [0.1, 0.15) is 18.4 Å². The van der Waals surface area contributed by atoms with E-state index in [1.54, 1.807) is 13.0 Å². The van der Waals surface area contributed by atoms with Gasteiger partial charge in [-0.25, -0.2) is 13.1 Å². The molecule has 0 saturated heterocycles. The number of sulfonamides is 1. The summed E-state index contributed by atoms with van der Waals surface area (Å²) in [5, 5.41) is 6.31. The van der Waals surface area contributed by atoms with Gasteiger partial charge in [0.1, 0.15) is 5.76 Å². The van der Waals surface area contributed by atoms with Crippen molar-refractivity contribution in [1.82, 2.24) is 9.88 Å². The Kier molecular flexibility index (Phi) is 4.94. The zero-order chi connectivity index (χ0) is 16.2. The van der Waals surface area contributed by atoms with Gasteiger partial charge in [0.2, 0.25) is 15.9 Å². The Labute approximate surface area is 128 Å². The quantitative estimate of drug-likeness (QED) is 0.838. The van der Waals surface area contributed by atoms with Gasteiger partial charge in [0.25, 0.3) is 0 Å². The summed E-state index contributed by atoms with van der Waals surface area (Å²) in [5.74, 6) is 0.414. The molecule has 2 rings (SSSR count). The summed E-state index contributed by atoms with van der Waals surface area (Å²) in [5.41, 5.74) is 1.30. The van der Waals surface area contributed by atoms with Crippen LogP contribution in [0.4, 0.5) is 5.69 Å². The lowest BCUT2D eigenvalue weighted by atomic mass is 10.3. The van der Waals surface area contributed by atoms with E-state index >= 15 is 0 Å². The molecule has 1 aromatic heterocycles. The standard InChI is InChI=1S/C14H17N3O4S/c1-10-9-13(21-17-10)7-8-15-22(19,20)14-5-3-12(4-6-14)16-11(2)18/h3-6,9,15H,7-8H2,1-2H3,(H,16,18). The third-order valence-corrected chi connectivity index (χ3v) is 4.30. The lowest BCUT2D eigenvalue weighted by molar-refractivity contribution is -0.114. The molecule has 8 heteroatoms. The molecule has 1 amide bonds. The lowest BCUT2D eigenvalue weighted by Gasteiger charge is -2.07. The van der Waals surface area contributed by atoms with Crippen LogP contribution in [0.5, 0.6) is 0 Å². The number of benzene rings is 1. The van der Waals surface area contributed by atoms with Gasteiger partial charge < -0.3 is 9.84 Å². The van der Waals surface area contributed by atoms with Crippen molar-refractivity contribution in [1.29, 1.82) is 0 Å². The van der Waals surface area contributed by atoms with Gasteiger partial charge in [-0.15, -0.1) is 0 Å². The lowest BCUT2D eigenvalue weighted by Crippen LogP contribution is -2.25. The molecule has 7 nitrogen and oxygen atoms in total. The molecule has 0 aliphatic heterocycles. The van der Waals surface area contributed by atoms with Gasteiger partial charge in [0.05, 0.1) is 10.6 Å². The first-order valence-corrected chi connectivity index (χ1v) is 8.14. The third-order valence-electron chi connectivity index (χ3n) is 2.83. The van der Waals surface area contributed by atoms with Crippen LogP contribution in [0.15, 0.2) is 39.8 Å². The van der Waals surface area contributed by atoms with Crippen molar-refractivity contribution in [2.45, 2.75) is 25.2 Å². The van der Waals surface area contributed by atoms with Crippen LogP contribution >= 0.6 is 0 Å². The van der Waals surface area contributed by atoms with Gasteiger partial charge in [-0.1, -0.05) is 5.16 Å². The van der Waals surface area contributed by atoms with Crippen LogP contribution in [0, 0.1) is 6.92 Å². The van der Waals surface area contributed by atoms with E-state index in [-0.39, 0.29) is 17.3 Å². The van der Waals surface area contributed by atoms with Gasteiger partial charge >= 0.3 is 0 Å². The maximum absolute atomic E-state index is 12.1. The molecule has 0 atom stereocenters. The minimum absolute atomic E-state index is 0.135. The molecule has 1 heterocycles. The van der Waals surface area contributed by atoms with E-state index in [0.717, 1.165) is 5.69 Å². The molecular formula is C14H17N3O4S. The number of hydrogen-bond acceptors (Lipinski definition) is 5. The van der Waals surface area contributed by atoms with Crippen LogP contribution in [-0.2, 0) is 21.2 Å². The summed E-state index contributed by atoms with van der Waals surface area (Å²) in [6, 6.07) is 7.71. The average Bonchev–Trinajstić information content (AvgIpc) is 2.84.